The van der Waals surface area contributed by atoms with E-state index in [1.54, 1.807) is 7.11 Å². The molecule has 0 bridgehead atoms. The molecule has 4 heteroatoms. The fourth-order valence-corrected chi connectivity index (χ4v) is 3.15. The Hall–Kier alpha value is -2.54. The van der Waals surface area contributed by atoms with Crippen molar-refractivity contribution in [1.82, 2.24) is 4.98 Å². The van der Waals surface area contributed by atoms with Crippen molar-refractivity contribution in [2.24, 2.45) is 0 Å². The maximum atomic E-state index is 9.56. The number of anilines is 1. The molecule has 0 saturated carbocycles. The molecule has 0 unspecified atom stereocenters. The third-order valence-electron chi connectivity index (χ3n) is 4.22. The minimum Gasteiger partial charge on any atom is -0.497 e. The van der Waals surface area contributed by atoms with E-state index in [0.29, 0.717) is 11.4 Å². The highest BCUT2D eigenvalue weighted by atomic mass is 16.5. The SMILES string of the molecule is COc1cccc(-c2c(C#N)c(N)nc3c2CCCCC3)c1. The summed E-state index contributed by atoms with van der Waals surface area (Å²) in [5.41, 5.74) is 10.7. The molecule has 4 nitrogen and oxygen atoms in total. The molecule has 3 rings (SSSR count). The minimum atomic E-state index is 0.334. The number of aromatic nitrogens is 1. The van der Waals surface area contributed by atoms with Crippen LogP contribution in [0.1, 0.15) is 36.1 Å². The number of rotatable bonds is 2. The summed E-state index contributed by atoms with van der Waals surface area (Å²) >= 11 is 0. The lowest BCUT2D eigenvalue weighted by molar-refractivity contribution is 0.415. The summed E-state index contributed by atoms with van der Waals surface area (Å²) in [6.45, 7) is 0. The van der Waals surface area contributed by atoms with Gasteiger partial charge >= 0.3 is 0 Å². The molecule has 1 aromatic heterocycles. The largest absolute Gasteiger partial charge is 0.497 e. The highest BCUT2D eigenvalue weighted by Gasteiger charge is 2.21. The van der Waals surface area contributed by atoms with Gasteiger partial charge in [0.1, 0.15) is 23.2 Å². The van der Waals surface area contributed by atoms with E-state index in [4.69, 9.17) is 10.5 Å². The number of nitrogens with two attached hydrogens (primary N) is 1. The first-order valence-corrected chi connectivity index (χ1v) is 7.60. The lowest BCUT2D eigenvalue weighted by atomic mass is 9.91. The van der Waals surface area contributed by atoms with E-state index in [-0.39, 0.29) is 0 Å². The van der Waals surface area contributed by atoms with Crippen LogP contribution >= 0.6 is 0 Å². The summed E-state index contributed by atoms with van der Waals surface area (Å²) in [5, 5.41) is 9.56. The number of nitriles is 1. The van der Waals surface area contributed by atoms with Crippen molar-refractivity contribution in [2.45, 2.75) is 32.1 Å². The molecule has 2 aromatic rings. The first kappa shape index (κ1) is 14.4. The summed E-state index contributed by atoms with van der Waals surface area (Å²) < 4.78 is 5.32. The Balaban J connectivity index is 2.28. The minimum absolute atomic E-state index is 0.334. The van der Waals surface area contributed by atoms with Crippen molar-refractivity contribution in [3.63, 3.8) is 0 Å². The van der Waals surface area contributed by atoms with E-state index >= 15 is 0 Å². The second-order valence-corrected chi connectivity index (χ2v) is 5.58. The second kappa shape index (κ2) is 6.07. The molecule has 1 heterocycles. The van der Waals surface area contributed by atoms with Gasteiger partial charge in [0.25, 0.3) is 0 Å². The van der Waals surface area contributed by atoms with Crippen LogP contribution in [0.2, 0.25) is 0 Å². The number of hydrogen-bond donors (Lipinski definition) is 1. The van der Waals surface area contributed by atoms with Gasteiger partial charge in [0.15, 0.2) is 0 Å². The molecule has 2 N–H and O–H groups in total. The van der Waals surface area contributed by atoms with Crippen LogP contribution in [0.5, 0.6) is 5.75 Å². The monoisotopic (exact) mass is 293 g/mol. The summed E-state index contributed by atoms with van der Waals surface area (Å²) in [6.07, 6.45) is 5.32. The highest BCUT2D eigenvalue weighted by molar-refractivity contribution is 5.79. The summed E-state index contributed by atoms with van der Waals surface area (Å²) in [5.74, 6) is 1.11. The van der Waals surface area contributed by atoms with Crippen molar-refractivity contribution in [3.05, 3.63) is 41.1 Å². The Bertz CT molecular complexity index is 747. The zero-order valence-electron chi connectivity index (χ0n) is 12.7. The first-order chi connectivity index (χ1) is 10.7. The Morgan fingerprint density at radius 1 is 1.23 bits per heavy atom. The molecule has 0 amide bonds. The molecule has 0 aliphatic heterocycles. The number of ether oxygens (including phenoxy) is 1. The lowest BCUT2D eigenvalue weighted by Crippen LogP contribution is -2.07. The van der Waals surface area contributed by atoms with Crippen LogP contribution in [0.3, 0.4) is 0 Å². The van der Waals surface area contributed by atoms with Gasteiger partial charge in [0.2, 0.25) is 0 Å². The Labute approximate surface area is 130 Å². The number of hydrogen-bond acceptors (Lipinski definition) is 4. The Kier molecular flexibility index (Phi) is 3.97. The number of pyridine rings is 1. The van der Waals surface area contributed by atoms with Crippen molar-refractivity contribution < 1.29 is 4.74 Å². The van der Waals surface area contributed by atoms with E-state index in [2.05, 4.69) is 11.1 Å². The average Bonchev–Trinajstić information content (AvgIpc) is 2.78. The molecular formula is C18H19N3O. The fourth-order valence-electron chi connectivity index (χ4n) is 3.15. The van der Waals surface area contributed by atoms with Crippen LogP contribution in [0.25, 0.3) is 11.1 Å². The number of aryl methyl sites for hydroxylation is 1. The van der Waals surface area contributed by atoms with Crippen LogP contribution < -0.4 is 10.5 Å². The van der Waals surface area contributed by atoms with Crippen LogP contribution in [0, 0.1) is 11.3 Å². The standard InChI is InChI=1S/C18H19N3O/c1-22-13-7-5-6-12(10-13)17-14-8-3-2-4-9-16(14)21-18(20)15(17)11-19/h5-7,10H,2-4,8-9H2,1H3,(H2,20,21). The van der Waals surface area contributed by atoms with Crippen LogP contribution in [-0.4, -0.2) is 12.1 Å². The average molecular weight is 293 g/mol. The summed E-state index contributed by atoms with van der Waals surface area (Å²) in [6, 6.07) is 10.0. The smallest absolute Gasteiger partial charge is 0.142 e. The van der Waals surface area contributed by atoms with Gasteiger partial charge in [-0.2, -0.15) is 5.26 Å². The van der Waals surface area contributed by atoms with Gasteiger partial charge in [-0.25, -0.2) is 4.98 Å². The van der Waals surface area contributed by atoms with Crippen LogP contribution in [-0.2, 0) is 12.8 Å². The summed E-state index contributed by atoms with van der Waals surface area (Å²) in [4.78, 5) is 4.50. The number of methoxy groups -OCH3 is 1. The van der Waals surface area contributed by atoms with Gasteiger partial charge in [-0.15, -0.1) is 0 Å². The van der Waals surface area contributed by atoms with Crippen LogP contribution in [0.15, 0.2) is 24.3 Å². The van der Waals surface area contributed by atoms with Crippen LogP contribution in [0.4, 0.5) is 5.82 Å². The molecule has 0 radical (unpaired) electrons. The number of benzene rings is 1. The number of fused-ring (bicyclic) bond motifs is 1. The zero-order valence-corrected chi connectivity index (χ0v) is 12.7. The lowest BCUT2D eigenvalue weighted by Gasteiger charge is -2.16. The molecule has 1 aromatic carbocycles. The molecule has 1 aliphatic carbocycles. The fraction of sp³-hybridized carbons (Fsp3) is 0.333. The molecule has 0 saturated heterocycles. The topological polar surface area (TPSA) is 71.9 Å². The molecule has 0 atom stereocenters. The van der Waals surface area contributed by atoms with Gasteiger partial charge in [-0.05, 0) is 48.9 Å². The van der Waals surface area contributed by atoms with Crippen molar-refractivity contribution in [1.29, 1.82) is 5.26 Å². The van der Waals surface area contributed by atoms with Crippen molar-refractivity contribution in [2.75, 3.05) is 12.8 Å². The molecule has 112 valence electrons. The van der Waals surface area contributed by atoms with Crippen molar-refractivity contribution in [3.8, 4) is 22.9 Å². The summed E-state index contributed by atoms with van der Waals surface area (Å²) in [7, 11) is 1.64. The normalized spacial score (nSPS) is 13.8. The van der Waals surface area contributed by atoms with E-state index in [9.17, 15) is 5.26 Å². The molecular weight excluding hydrogens is 274 g/mol. The predicted molar refractivity (Wildman–Crippen MR) is 86.6 cm³/mol. The molecule has 1 aliphatic rings. The van der Waals surface area contributed by atoms with Gasteiger partial charge in [0, 0.05) is 11.3 Å². The van der Waals surface area contributed by atoms with Gasteiger partial charge < -0.3 is 10.5 Å². The van der Waals surface area contributed by atoms with Gasteiger partial charge in [0.05, 0.1) is 7.11 Å². The van der Waals surface area contributed by atoms with E-state index in [1.807, 2.05) is 24.3 Å². The third-order valence-corrected chi connectivity index (χ3v) is 4.22. The maximum Gasteiger partial charge on any atom is 0.142 e. The van der Waals surface area contributed by atoms with Gasteiger partial charge in [-0.1, -0.05) is 18.6 Å². The maximum absolute atomic E-state index is 9.56. The van der Waals surface area contributed by atoms with Gasteiger partial charge in [-0.3, -0.25) is 0 Å². The first-order valence-electron chi connectivity index (χ1n) is 7.60. The predicted octanol–water partition coefficient (Wildman–Crippen LogP) is 3.48. The van der Waals surface area contributed by atoms with E-state index in [0.717, 1.165) is 48.3 Å². The van der Waals surface area contributed by atoms with E-state index < -0.39 is 0 Å². The Morgan fingerprint density at radius 2 is 2.05 bits per heavy atom. The molecule has 0 spiro atoms. The van der Waals surface area contributed by atoms with E-state index in [1.165, 1.54) is 12.0 Å². The Morgan fingerprint density at radius 3 is 2.82 bits per heavy atom. The number of nitrogens with zero attached hydrogens (tertiary/aromatic N) is 2. The van der Waals surface area contributed by atoms with Crippen molar-refractivity contribution >= 4 is 5.82 Å². The molecule has 22 heavy (non-hydrogen) atoms. The zero-order chi connectivity index (χ0) is 15.5. The number of nitrogen functional groups attached to an aromatic ring is 1. The molecule has 0 fully saturated rings. The second-order valence-electron chi connectivity index (χ2n) is 5.58. The third kappa shape index (κ3) is 2.50. The highest BCUT2D eigenvalue weighted by Crippen LogP contribution is 2.36. The quantitative estimate of drug-likeness (QED) is 0.860.